The van der Waals surface area contributed by atoms with Gasteiger partial charge in [-0.1, -0.05) is 52.5 Å². The molecule has 0 saturated heterocycles. The summed E-state index contributed by atoms with van der Waals surface area (Å²) < 4.78 is 26.4. The molecule has 1 N–H and O–H groups in total. The third-order valence-corrected chi connectivity index (χ3v) is 3.91. The Kier molecular flexibility index (Phi) is 7.75. The second kappa shape index (κ2) is 9.06. The molecular formula is C17H27F2N. The Morgan fingerprint density at radius 2 is 1.85 bits per heavy atom. The van der Waals surface area contributed by atoms with Gasteiger partial charge in [0.15, 0.2) is 11.6 Å². The lowest BCUT2D eigenvalue weighted by Gasteiger charge is -2.24. The van der Waals surface area contributed by atoms with Crippen LogP contribution in [0.3, 0.4) is 0 Å². The molecule has 1 aromatic carbocycles. The van der Waals surface area contributed by atoms with Crippen molar-refractivity contribution in [1.82, 2.24) is 5.32 Å². The molecule has 0 aliphatic heterocycles. The zero-order valence-electron chi connectivity index (χ0n) is 12.9. The Balaban J connectivity index is 2.78. The SMILES string of the molecule is CCCCC(CC)CC(NCC)c1ccc(F)c(F)c1. The van der Waals surface area contributed by atoms with E-state index in [1.165, 1.54) is 31.4 Å². The van der Waals surface area contributed by atoms with Gasteiger partial charge in [-0.25, -0.2) is 8.78 Å². The van der Waals surface area contributed by atoms with Gasteiger partial charge < -0.3 is 5.32 Å². The molecule has 0 amide bonds. The van der Waals surface area contributed by atoms with Crippen molar-refractivity contribution in [2.24, 2.45) is 5.92 Å². The molecule has 1 rings (SSSR count). The molecular weight excluding hydrogens is 256 g/mol. The molecule has 0 aliphatic carbocycles. The van der Waals surface area contributed by atoms with E-state index >= 15 is 0 Å². The summed E-state index contributed by atoms with van der Waals surface area (Å²) >= 11 is 0. The number of benzene rings is 1. The molecule has 0 bridgehead atoms. The molecule has 0 fully saturated rings. The quantitative estimate of drug-likeness (QED) is 0.655. The first-order chi connectivity index (χ1) is 9.62. The summed E-state index contributed by atoms with van der Waals surface area (Å²) in [5.74, 6) is -0.902. The van der Waals surface area contributed by atoms with E-state index in [2.05, 4.69) is 19.2 Å². The number of rotatable bonds is 9. The molecule has 0 heterocycles. The van der Waals surface area contributed by atoms with Gasteiger partial charge in [0.05, 0.1) is 0 Å². The monoisotopic (exact) mass is 283 g/mol. The molecule has 114 valence electrons. The number of nitrogens with one attached hydrogen (secondary N) is 1. The number of hydrogen-bond donors (Lipinski definition) is 1. The van der Waals surface area contributed by atoms with E-state index in [9.17, 15) is 8.78 Å². The predicted octanol–water partition coefficient (Wildman–Crippen LogP) is 5.22. The van der Waals surface area contributed by atoms with Crippen LogP contribution in [-0.2, 0) is 0 Å². The maximum atomic E-state index is 13.4. The zero-order chi connectivity index (χ0) is 15.0. The molecule has 2 atom stereocenters. The second-order valence-corrected chi connectivity index (χ2v) is 5.44. The number of hydrogen-bond acceptors (Lipinski definition) is 1. The maximum Gasteiger partial charge on any atom is 0.159 e. The third-order valence-electron chi connectivity index (χ3n) is 3.91. The standard InChI is InChI=1S/C17H27F2N/c1-4-7-8-13(5-2)11-17(20-6-3)14-9-10-15(18)16(19)12-14/h9-10,12-13,17,20H,4-8,11H2,1-3H3. The average molecular weight is 283 g/mol. The van der Waals surface area contributed by atoms with Gasteiger partial charge in [0.1, 0.15) is 0 Å². The van der Waals surface area contributed by atoms with E-state index in [0.29, 0.717) is 5.92 Å². The summed E-state index contributed by atoms with van der Waals surface area (Å²) in [7, 11) is 0. The fourth-order valence-electron chi connectivity index (χ4n) is 2.63. The largest absolute Gasteiger partial charge is 0.310 e. The normalized spacial score (nSPS) is 14.2. The van der Waals surface area contributed by atoms with Gasteiger partial charge in [0.25, 0.3) is 0 Å². The van der Waals surface area contributed by atoms with Gasteiger partial charge in [-0.2, -0.15) is 0 Å². The van der Waals surface area contributed by atoms with Gasteiger partial charge in [-0.15, -0.1) is 0 Å². The summed E-state index contributed by atoms with van der Waals surface area (Å²) in [5, 5.41) is 3.40. The van der Waals surface area contributed by atoms with E-state index in [1.807, 2.05) is 6.92 Å². The van der Waals surface area contributed by atoms with Crippen molar-refractivity contribution in [1.29, 1.82) is 0 Å². The van der Waals surface area contributed by atoms with Crippen LogP contribution in [0.5, 0.6) is 0 Å². The Morgan fingerprint density at radius 3 is 2.40 bits per heavy atom. The van der Waals surface area contributed by atoms with Crippen LogP contribution in [0.2, 0.25) is 0 Å². The van der Waals surface area contributed by atoms with E-state index in [0.717, 1.165) is 24.9 Å². The van der Waals surface area contributed by atoms with Crippen molar-refractivity contribution in [3.63, 3.8) is 0 Å². The predicted molar refractivity (Wildman–Crippen MR) is 80.7 cm³/mol. The van der Waals surface area contributed by atoms with Crippen LogP contribution in [0.4, 0.5) is 8.78 Å². The Bertz CT molecular complexity index is 393. The first kappa shape index (κ1) is 17.1. The van der Waals surface area contributed by atoms with Crippen molar-refractivity contribution in [3.05, 3.63) is 35.4 Å². The lowest BCUT2D eigenvalue weighted by Crippen LogP contribution is -2.23. The molecule has 1 aromatic rings. The Morgan fingerprint density at radius 1 is 1.10 bits per heavy atom. The number of unbranched alkanes of at least 4 members (excludes halogenated alkanes) is 1. The topological polar surface area (TPSA) is 12.0 Å². The van der Waals surface area contributed by atoms with Crippen molar-refractivity contribution in [3.8, 4) is 0 Å². The molecule has 0 saturated carbocycles. The van der Waals surface area contributed by atoms with Crippen molar-refractivity contribution in [2.75, 3.05) is 6.54 Å². The molecule has 2 unspecified atom stereocenters. The molecule has 0 radical (unpaired) electrons. The first-order valence-corrected chi connectivity index (χ1v) is 7.80. The molecule has 1 nitrogen and oxygen atoms in total. The summed E-state index contributed by atoms with van der Waals surface area (Å²) in [6.07, 6.45) is 5.75. The fraction of sp³-hybridized carbons (Fsp3) is 0.647. The van der Waals surface area contributed by atoms with Crippen LogP contribution in [0, 0.1) is 17.6 Å². The molecule has 0 aromatic heterocycles. The number of halogens is 2. The third kappa shape index (κ3) is 5.20. The van der Waals surface area contributed by atoms with Crippen molar-refractivity contribution >= 4 is 0 Å². The van der Waals surface area contributed by atoms with Gasteiger partial charge in [-0.05, 0) is 36.6 Å². The molecule has 0 spiro atoms. The maximum absolute atomic E-state index is 13.4. The highest BCUT2D eigenvalue weighted by Gasteiger charge is 2.17. The van der Waals surface area contributed by atoms with Crippen LogP contribution < -0.4 is 5.32 Å². The zero-order valence-corrected chi connectivity index (χ0v) is 12.9. The highest BCUT2D eigenvalue weighted by molar-refractivity contribution is 5.21. The fourth-order valence-corrected chi connectivity index (χ4v) is 2.63. The highest BCUT2D eigenvalue weighted by atomic mass is 19.2. The minimum atomic E-state index is -0.776. The van der Waals surface area contributed by atoms with E-state index < -0.39 is 11.6 Å². The lowest BCUT2D eigenvalue weighted by atomic mass is 9.89. The van der Waals surface area contributed by atoms with Crippen LogP contribution in [0.25, 0.3) is 0 Å². The molecule has 3 heteroatoms. The van der Waals surface area contributed by atoms with E-state index in [-0.39, 0.29) is 6.04 Å². The smallest absolute Gasteiger partial charge is 0.159 e. The summed E-state index contributed by atoms with van der Waals surface area (Å²) in [6.45, 7) is 7.27. The van der Waals surface area contributed by atoms with Crippen molar-refractivity contribution in [2.45, 2.75) is 58.9 Å². The highest BCUT2D eigenvalue weighted by Crippen LogP contribution is 2.27. The van der Waals surface area contributed by atoms with Gasteiger partial charge in [0, 0.05) is 6.04 Å². The molecule has 20 heavy (non-hydrogen) atoms. The summed E-state index contributed by atoms with van der Waals surface area (Å²) in [5.41, 5.74) is 0.848. The van der Waals surface area contributed by atoms with Crippen LogP contribution in [0.15, 0.2) is 18.2 Å². The Hall–Kier alpha value is -0.960. The lowest BCUT2D eigenvalue weighted by molar-refractivity contribution is 0.356. The molecule has 0 aliphatic rings. The van der Waals surface area contributed by atoms with E-state index in [4.69, 9.17) is 0 Å². The van der Waals surface area contributed by atoms with Crippen LogP contribution >= 0.6 is 0 Å². The van der Waals surface area contributed by atoms with E-state index in [1.54, 1.807) is 6.07 Å². The van der Waals surface area contributed by atoms with Gasteiger partial charge in [-0.3, -0.25) is 0 Å². The van der Waals surface area contributed by atoms with Crippen molar-refractivity contribution < 1.29 is 8.78 Å². The van der Waals surface area contributed by atoms with Gasteiger partial charge >= 0.3 is 0 Å². The van der Waals surface area contributed by atoms with Gasteiger partial charge in [0.2, 0.25) is 0 Å². The second-order valence-electron chi connectivity index (χ2n) is 5.44. The van der Waals surface area contributed by atoms with Crippen LogP contribution in [0.1, 0.15) is 64.5 Å². The minimum absolute atomic E-state index is 0.108. The minimum Gasteiger partial charge on any atom is -0.310 e. The Labute approximate surface area is 121 Å². The first-order valence-electron chi connectivity index (χ1n) is 7.80. The summed E-state index contributed by atoms with van der Waals surface area (Å²) in [6, 6.07) is 4.35. The average Bonchev–Trinajstić information content (AvgIpc) is 2.45. The summed E-state index contributed by atoms with van der Waals surface area (Å²) in [4.78, 5) is 0. The van der Waals surface area contributed by atoms with Crippen LogP contribution in [-0.4, -0.2) is 6.54 Å².